The molecule has 2 N–H and O–H groups in total. The maximum Gasteiger partial charge on any atom is 0.158 e. The number of aryl methyl sites for hydroxylation is 2. The van der Waals surface area contributed by atoms with Crippen LogP contribution in [0.4, 0.5) is 0 Å². The van der Waals surface area contributed by atoms with Gasteiger partial charge in [0.2, 0.25) is 0 Å². The topological polar surface area (TPSA) is 58.0 Å². The maximum atomic E-state index is 4.42. The molecule has 29 heavy (non-hydrogen) atoms. The molecule has 0 amide bonds. The minimum absolute atomic E-state index is 0.440. The average molecular weight is 408 g/mol. The molecule has 1 unspecified atom stereocenters. The van der Waals surface area contributed by atoms with Crippen LogP contribution in [0.25, 0.3) is 27.1 Å². The lowest BCUT2D eigenvalue weighted by Gasteiger charge is -2.22. The van der Waals surface area contributed by atoms with E-state index in [2.05, 4.69) is 61.2 Å². The molecule has 6 heteroatoms. The van der Waals surface area contributed by atoms with E-state index in [0.717, 1.165) is 18.7 Å². The van der Waals surface area contributed by atoms with Crippen molar-refractivity contribution in [2.24, 2.45) is 0 Å². The van der Waals surface area contributed by atoms with Crippen LogP contribution in [0.15, 0.2) is 12.5 Å². The summed E-state index contributed by atoms with van der Waals surface area (Å²) >= 11 is 1.96. The van der Waals surface area contributed by atoms with E-state index < -0.39 is 0 Å². The number of hydrogen-bond acceptors (Lipinski definition) is 4. The monoisotopic (exact) mass is 407 g/mol. The molecular formula is C23H29N5S. The number of aromatic amines is 1. The second-order valence-electron chi connectivity index (χ2n) is 8.73. The zero-order valence-corrected chi connectivity index (χ0v) is 18.7. The van der Waals surface area contributed by atoms with Gasteiger partial charge in [0.15, 0.2) is 5.65 Å². The number of H-pyrrole nitrogens is 1. The highest BCUT2D eigenvalue weighted by molar-refractivity contribution is 7.19. The molecule has 0 bridgehead atoms. The van der Waals surface area contributed by atoms with Crippen molar-refractivity contribution >= 4 is 27.2 Å². The molecule has 1 saturated heterocycles. The van der Waals surface area contributed by atoms with Crippen LogP contribution >= 0.6 is 11.3 Å². The number of piperidine rings is 1. The first-order chi connectivity index (χ1) is 14.0. The average Bonchev–Trinajstić information content (AvgIpc) is 3.40. The van der Waals surface area contributed by atoms with Crippen molar-refractivity contribution in [1.29, 1.82) is 0 Å². The smallest absolute Gasteiger partial charge is 0.158 e. The van der Waals surface area contributed by atoms with E-state index in [1.54, 1.807) is 11.2 Å². The Hall–Kier alpha value is -2.18. The van der Waals surface area contributed by atoms with Gasteiger partial charge in [-0.3, -0.25) is 0 Å². The third-order valence-corrected chi connectivity index (χ3v) is 7.97. The van der Waals surface area contributed by atoms with Crippen LogP contribution in [0.3, 0.4) is 0 Å². The lowest BCUT2D eigenvalue weighted by atomic mass is 9.91. The van der Waals surface area contributed by atoms with E-state index in [-0.39, 0.29) is 0 Å². The number of hydrogen-bond donors (Lipinski definition) is 2. The molecule has 0 saturated carbocycles. The van der Waals surface area contributed by atoms with Crippen LogP contribution < -0.4 is 5.32 Å². The fourth-order valence-corrected chi connectivity index (χ4v) is 6.32. The number of pyridine rings is 1. The molecule has 5 nitrogen and oxygen atoms in total. The van der Waals surface area contributed by atoms with Crippen molar-refractivity contribution in [3.8, 4) is 11.3 Å². The lowest BCUT2D eigenvalue weighted by Crippen LogP contribution is -2.28. The molecule has 5 rings (SSSR count). The first kappa shape index (κ1) is 18.8. The Kier molecular flexibility index (Phi) is 4.51. The highest BCUT2D eigenvalue weighted by atomic mass is 32.1. The molecule has 1 atom stereocenters. The van der Waals surface area contributed by atoms with E-state index in [9.17, 15) is 0 Å². The van der Waals surface area contributed by atoms with Crippen LogP contribution in [-0.2, 0) is 0 Å². The molecule has 0 spiro atoms. The highest BCUT2D eigenvalue weighted by Gasteiger charge is 2.26. The van der Waals surface area contributed by atoms with E-state index >= 15 is 0 Å². The fourth-order valence-electron chi connectivity index (χ4n) is 4.96. The van der Waals surface area contributed by atoms with Crippen molar-refractivity contribution in [3.05, 3.63) is 39.7 Å². The van der Waals surface area contributed by atoms with Crippen molar-refractivity contribution in [2.45, 2.75) is 59.3 Å². The second-order valence-corrected chi connectivity index (χ2v) is 9.78. The largest absolute Gasteiger partial charge is 0.346 e. The van der Waals surface area contributed by atoms with Crippen LogP contribution in [0.1, 0.15) is 65.7 Å². The van der Waals surface area contributed by atoms with Crippen LogP contribution in [-0.4, -0.2) is 32.7 Å². The summed E-state index contributed by atoms with van der Waals surface area (Å²) in [4.78, 5) is 11.1. The molecule has 1 aliphatic rings. The van der Waals surface area contributed by atoms with E-state index in [1.807, 2.05) is 15.9 Å². The van der Waals surface area contributed by atoms with E-state index in [4.69, 9.17) is 0 Å². The molecule has 0 aliphatic carbocycles. The summed E-state index contributed by atoms with van der Waals surface area (Å²) in [5.74, 6) is 1.09. The molecule has 1 fully saturated rings. The van der Waals surface area contributed by atoms with Gasteiger partial charge in [0.1, 0.15) is 11.2 Å². The first-order valence-electron chi connectivity index (χ1n) is 10.6. The number of nitrogens with zero attached hydrogens (tertiary/aromatic N) is 3. The van der Waals surface area contributed by atoms with Gasteiger partial charge in [-0.05, 0) is 68.3 Å². The molecule has 0 radical (unpaired) electrons. The second kappa shape index (κ2) is 6.96. The zero-order chi connectivity index (χ0) is 20.3. The van der Waals surface area contributed by atoms with E-state index in [0.29, 0.717) is 11.8 Å². The maximum absolute atomic E-state index is 4.42. The number of nitrogens with one attached hydrogen (secondary N) is 2. The van der Waals surface area contributed by atoms with Crippen molar-refractivity contribution in [2.75, 3.05) is 13.1 Å². The predicted molar refractivity (Wildman–Crippen MR) is 121 cm³/mol. The van der Waals surface area contributed by atoms with Gasteiger partial charge in [-0.25, -0.2) is 9.50 Å². The van der Waals surface area contributed by atoms with Gasteiger partial charge in [-0.1, -0.05) is 13.8 Å². The summed E-state index contributed by atoms with van der Waals surface area (Å²) in [5.41, 5.74) is 8.79. The van der Waals surface area contributed by atoms with Crippen LogP contribution in [0.5, 0.6) is 0 Å². The normalized spacial score (nSPS) is 17.8. The highest BCUT2D eigenvalue weighted by Crippen LogP contribution is 2.45. The standard InChI is InChI=1S/C23H29N5S/c1-12(2)18-19-15(5)21(16-7-6-8-24-9-16)29-23(19)27-20(18)17-10-28-22(25-11-26-28)14(4)13(17)3/h10-12,16,24,27H,6-9H2,1-5H3. The van der Waals surface area contributed by atoms with Gasteiger partial charge >= 0.3 is 0 Å². The van der Waals surface area contributed by atoms with Crippen LogP contribution in [0.2, 0.25) is 0 Å². The summed E-state index contributed by atoms with van der Waals surface area (Å²) in [6.45, 7) is 13.5. The minimum Gasteiger partial charge on any atom is -0.346 e. The summed E-state index contributed by atoms with van der Waals surface area (Å²) in [6, 6.07) is 0. The van der Waals surface area contributed by atoms with Gasteiger partial charge in [-0.15, -0.1) is 11.3 Å². The third kappa shape index (κ3) is 2.84. The lowest BCUT2D eigenvalue weighted by molar-refractivity contribution is 0.465. The molecule has 4 aromatic rings. The Morgan fingerprint density at radius 3 is 2.72 bits per heavy atom. The fraction of sp³-hybridized carbons (Fsp3) is 0.478. The molecule has 4 aromatic heterocycles. The van der Waals surface area contributed by atoms with Crippen molar-refractivity contribution in [3.63, 3.8) is 0 Å². The summed E-state index contributed by atoms with van der Waals surface area (Å²) in [7, 11) is 0. The van der Waals surface area contributed by atoms with Gasteiger partial charge in [-0.2, -0.15) is 5.10 Å². The number of thiophene rings is 1. The predicted octanol–water partition coefficient (Wildman–Crippen LogP) is 5.45. The van der Waals surface area contributed by atoms with Gasteiger partial charge in [0.25, 0.3) is 0 Å². The Balaban J connectivity index is 1.73. The summed E-state index contributed by atoms with van der Waals surface area (Å²) < 4.78 is 1.91. The van der Waals surface area contributed by atoms with Crippen molar-refractivity contribution in [1.82, 2.24) is 24.9 Å². The Bertz CT molecular complexity index is 1200. The Morgan fingerprint density at radius 2 is 2.00 bits per heavy atom. The molecule has 152 valence electrons. The van der Waals surface area contributed by atoms with Crippen molar-refractivity contribution < 1.29 is 0 Å². The van der Waals surface area contributed by atoms with E-state index in [1.165, 1.54) is 56.6 Å². The number of aromatic nitrogens is 4. The SMILES string of the molecule is Cc1c(-c2[nH]c3sc(C4CCCNC4)c(C)c3c2C(C)C)cn2ncnc2c1C. The third-order valence-electron chi connectivity index (χ3n) is 6.60. The molecule has 5 heterocycles. The quantitative estimate of drug-likeness (QED) is 0.474. The zero-order valence-electron chi connectivity index (χ0n) is 17.9. The Labute approximate surface area is 175 Å². The van der Waals surface area contributed by atoms with Gasteiger partial charge in [0, 0.05) is 34.5 Å². The summed E-state index contributed by atoms with van der Waals surface area (Å²) in [5, 5.41) is 9.42. The summed E-state index contributed by atoms with van der Waals surface area (Å²) in [6.07, 6.45) is 6.33. The molecular weight excluding hydrogens is 378 g/mol. The number of fused-ring (bicyclic) bond motifs is 2. The first-order valence-corrected chi connectivity index (χ1v) is 11.4. The van der Waals surface area contributed by atoms with Crippen LogP contribution in [0, 0.1) is 20.8 Å². The number of rotatable bonds is 3. The van der Waals surface area contributed by atoms with Gasteiger partial charge < -0.3 is 10.3 Å². The van der Waals surface area contributed by atoms with Gasteiger partial charge in [0.05, 0.1) is 5.69 Å². The molecule has 0 aromatic carbocycles. The Morgan fingerprint density at radius 1 is 1.17 bits per heavy atom. The minimum atomic E-state index is 0.440. The molecule has 1 aliphatic heterocycles.